The number of alkyl halides is 1. The van der Waals surface area contributed by atoms with Gasteiger partial charge in [0.15, 0.2) is 0 Å². The van der Waals surface area contributed by atoms with Crippen molar-refractivity contribution < 1.29 is 4.42 Å². The highest BCUT2D eigenvalue weighted by molar-refractivity contribution is 9.09. The highest BCUT2D eigenvalue weighted by Crippen LogP contribution is 2.10. The molecule has 0 amide bonds. The smallest absolute Gasteiger partial charge is 0.105 e. The Morgan fingerprint density at radius 1 is 1.58 bits per heavy atom. The van der Waals surface area contributed by atoms with E-state index in [0.29, 0.717) is 0 Å². The maximum atomic E-state index is 5.21. The van der Waals surface area contributed by atoms with E-state index in [1.54, 1.807) is 6.26 Å². The van der Waals surface area contributed by atoms with Crippen molar-refractivity contribution in [3.63, 3.8) is 0 Å². The summed E-state index contributed by atoms with van der Waals surface area (Å²) in [6, 6.07) is 2.03. The summed E-state index contributed by atoms with van der Waals surface area (Å²) in [5, 5.41) is 1.01. The number of furan rings is 1. The highest BCUT2D eigenvalue weighted by atomic mass is 79.9. The SMILES string of the molecule is Cc1occc1CN(C)CCBr. The first-order valence-corrected chi connectivity index (χ1v) is 5.13. The van der Waals surface area contributed by atoms with Gasteiger partial charge in [-0.25, -0.2) is 0 Å². The zero-order valence-electron chi connectivity index (χ0n) is 7.51. The average molecular weight is 232 g/mol. The van der Waals surface area contributed by atoms with Crippen LogP contribution in [-0.4, -0.2) is 23.8 Å². The number of nitrogens with zero attached hydrogens (tertiary/aromatic N) is 1. The summed E-state index contributed by atoms with van der Waals surface area (Å²) in [7, 11) is 2.10. The third-order valence-corrected chi connectivity index (χ3v) is 2.23. The molecule has 68 valence electrons. The minimum atomic E-state index is 0.966. The average Bonchev–Trinajstić information content (AvgIpc) is 2.37. The maximum Gasteiger partial charge on any atom is 0.105 e. The van der Waals surface area contributed by atoms with Gasteiger partial charge in [0.25, 0.3) is 0 Å². The van der Waals surface area contributed by atoms with Crippen LogP contribution < -0.4 is 0 Å². The van der Waals surface area contributed by atoms with E-state index >= 15 is 0 Å². The lowest BCUT2D eigenvalue weighted by atomic mass is 10.2. The van der Waals surface area contributed by atoms with Crippen LogP contribution >= 0.6 is 15.9 Å². The molecule has 0 N–H and O–H groups in total. The Hall–Kier alpha value is -0.280. The predicted octanol–water partition coefficient (Wildman–Crippen LogP) is 2.41. The number of aryl methyl sites for hydroxylation is 1. The summed E-state index contributed by atoms with van der Waals surface area (Å²) in [6.07, 6.45) is 1.74. The Morgan fingerprint density at radius 3 is 2.83 bits per heavy atom. The molecule has 0 saturated heterocycles. The Labute approximate surface area is 81.7 Å². The minimum absolute atomic E-state index is 0.966. The van der Waals surface area contributed by atoms with Crippen LogP contribution in [0.4, 0.5) is 0 Å². The van der Waals surface area contributed by atoms with Crippen LogP contribution in [0.2, 0.25) is 0 Å². The molecule has 0 bridgehead atoms. The summed E-state index contributed by atoms with van der Waals surface area (Å²) in [5.74, 6) is 1.02. The summed E-state index contributed by atoms with van der Waals surface area (Å²) < 4.78 is 5.21. The van der Waals surface area contributed by atoms with Crippen LogP contribution in [0.15, 0.2) is 16.7 Å². The zero-order valence-corrected chi connectivity index (χ0v) is 9.10. The lowest BCUT2D eigenvalue weighted by Gasteiger charge is -2.13. The second-order valence-electron chi connectivity index (χ2n) is 2.93. The number of hydrogen-bond acceptors (Lipinski definition) is 2. The molecule has 1 aromatic heterocycles. The topological polar surface area (TPSA) is 16.4 Å². The van der Waals surface area contributed by atoms with Gasteiger partial charge in [0.2, 0.25) is 0 Å². The fourth-order valence-electron chi connectivity index (χ4n) is 1.09. The molecule has 0 spiro atoms. The Morgan fingerprint density at radius 2 is 2.33 bits per heavy atom. The van der Waals surface area contributed by atoms with Gasteiger partial charge in [0, 0.05) is 24.0 Å². The first-order valence-electron chi connectivity index (χ1n) is 4.01. The molecule has 0 atom stereocenters. The third kappa shape index (κ3) is 2.64. The monoisotopic (exact) mass is 231 g/mol. The van der Waals surface area contributed by atoms with Crippen LogP contribution in [0.1, 0.15) is 11.3 Å². The van der Waals surface area contributed by atoms with E-state index in [0.717, 1.165) is 24.2 Å². The molecule has 2 nitrogen and oxygen atoms in total. The Bertz CT molecular complexity index is 234. The predicted molar refractivity (Wildman–Crippen MR) is 53.6 cm³/mol. The molecule has 0 radical (unpaired) electrons. The molecule has 0 aliphatic heterocycles. The summed E-state index contributed by atoms with van der Waals surface area (Å²) in [4.78, 5) is 2.26. The van der Waals surface area contributed by atoms with E-state index in [4.69, 9.17) is 4.42 Å². The van der Waals surface area contributed by atoms with E-state index in [2.05, 4.69) is 27.9 Å². The van der Waals surface area contributed by atoms with E-state index in [1.807, 2.05) is 13.0 Å². The van der Waals surface area contributed by atoms with E-state index in [9.17, 15) is 0 Å². The molecular weight excluding hydrogens is 218 g/mol. The largest absolute Gasteiger partial charge is 0.469 e. The highest BCUT2D eigenvalue weighted by Gasteiger charge is 2.03. The first kappa shape index (κ1) is 9.81. The zero-order chi connectivity index (χ0) is 8.97. The second-order valence-corrected chi connectivity index (χ2v) is 3.72. The van der Waals surface area contributed by atoms with Crippen LogP contribution in [0.25, 0.3) is 0 Å². The van der Waals surface area contributed by atoms with Crippen molar-refractivity contribution in [2.45, 2.75) is 13.5 Å². The quantitative estimate of drug-likeness (QED) is 0.741. The Balaban J connectivity index is 2.46. The normalized spacial score (nSPS) is 11.0. The van der Waals surface area contributed by atoms with Gasteiger partial charge >= 0.3 is 0 Å². The van der Waals surface area contributed by atoms with Crippen molar-refractivity contribution in [2.24, 2.45) is 0 Å². The molecule has 3 heteroatoms. The van der Waals surface area contributed by atoms with Crippen molar-refractivity contribution in [3.05, 3.63) is 23.7 Å². The molecule has 1 aromatic rings. The van der Waals surface area contributed by atoms with Gasteiger partial charge in [0.1, 0.15) is 5.76 Å². The van der Waals surface area contributed by atoms with Crippen LogP contribution in [-0.2, 0) is 6.54 Å². The fraction of sp³-hybridized carbons (Fsp3) is 0.556. The van der Waals surface area contributed by atoms with Crippen molar-refractivity contribution >= 4 is 15.9 Å². The van der Waals surface area contributed by atoms with Gasteiger partial charge < -0.3 is 9.32 Å². The molecule has 12 heavy (non-hydrogen) atoms. The molecule has 0 aliphatic rings. The summed E-state index contributed by atoms with van der Waals surface area (Å²) in [6.45, 7) is 4.02. The lowest BCUT2D eigenvalue weighted by Crippen LogP contribution is -2.19. The molecule has 0 unspecified atom stereocenters. The van der Waals surface area contributed by atoms with Crippen molar-refractivity contribution in [3.8, 4) is 0 Å². The lowest BCUT2D eigenvalue weighted by molar-refractivity contribution is 0.346. The van der Waals surface area contributed by atoms with Crippen LogP contribution in [0, 0.1) is 6.92 Å². The summed E-state index contributed by atoms with van der Waals surface area (Å²) in [5.41, 5.74) is 1.28. The molecule has 0 aromatic carbocycles. The van der Waals surface area contributed by atoms with Gasteiger partial charge in [-0.15, -0.1) is 0 Å². The molecule has 0 fully saturated rings. The van der Waals surface area contributed by atoms with E-state index in [-0.39, 0.29) is 0 Å². The number of hydrogen-bond donors (Lipinski definition) is 0. The fourth-order valence-corrected chi connectivity index (χ4v) is 1.69. The minimum Gasteiger partial charge on any atom is -0.469 e. The van der Waals surface area contributed by atoms with Gasteiger partial charge in [-0.05, 0) is 20.0 Å². The van der Waals surface area contributed by atoms with Gasteiger partial charge in [-0.2, -0.15) is 0 Å². The Kier molecular flexibility index (Phi) is 3.82. The summed E-state index contributed by atoms with van der Waals surface area (Å²) >= 11 is 3.41. The van der Waals surface area contributed by atoms with E-state index in [1.165, 1.54) is 5.56 Å². The van der Waals surface area contributed by atoms with Crippen LogP contribution in [0.3, 0.4) is 0 Å². The van der Waals surface area contributed by atoms with Crippen molar-refractivity contribution in [1.82, 2.24) is 4.90 Å². The standard InChI is InChI=1S/C9H14BrNO/c1-8-9(3-6-12-8)7-11(2)5-4-10/h3,6H,4-5,7H2,1-2H3. The van der Waals surface area contributed by atoms with Crippen LogP contribution in [0.5, 0.6) is 0 Å². The van der Waals surface area contributed by atoms with Crippen molar-refractivity contribution in [2.75, 3.05) is 18.9 Å². The molecular formula is C9H14BrNO. The first-order chi connectivity index (χ1) is 5.74. The second kappa shape index (κ2) is 4.67. The number of halogens is 1. The van der Waals surface area contributed by atoms with Gasteiger partial charge in [0.05, 0.1) is 6.26 Å². The van der Waals surface area contributed by atoms with Crippen molar-refractivity contribution in [1.29, 1.82) is 0 Å². The third-order valence-electron chi connectivity index (χ3n) is 1.87. The molecule has 1 rings (SSSR count). The van der Waals surface area contributed by atoms with Gasteiger partial charge in [-0.3, -0.25) is 0 Å². The molecule has 0 saturated carbocycles. The molecule has 0 aliphatic carbocycles. The number of rotatable bonds is 4. The maximum absolute atomic E-state index is 5.21. The van der Waals surface area contributed by atoms with E-state index < -0.39 is 0 Å². The van der Waals surface area contributed by atoms with Gasteiger partial charge in [-0.1, -0.05) is 15.9 Å². The molecule has 1 heterocycles.